The maximum absolute atomic E-state index is 11.7. The molecule has 9 heteroatoms. The van der Waals surface area contributed by atoms with Gasteiger partial charge in [0.15, 0.2) is 5.96 Å². The van der Waals surface area contributed by atoms with Crippen LogP contribution in [0.1, 0.15) is 12.5 Å². The summed E-state index contributed by atoms with van der Waals surface area (Å²) in [5.74, 6) is 0.567. The molecule has 1 aliphatic heterocycles. The standard InChI is InChI=1S/C17H25N5O3.HI/c1-4-18-16(20-12-15(23)21(2)3)19-11-13-5-7-14(8-6-13)22-9-10-25-17(22)24;/h5-8H,4,9-12H2,1-3H3,(H2,18,19,20);1H. The zero-order valence-electron chi connectivity index (χ0n) is 15.3. The van der Waals surface area contributed by atoms with Gasteiger partial charge in [-0.2, -0.15) is 0 Å². The van der Waals surface area contributed by atoms with Crippen LogP contribution in [-0.2, 0) is 16.1 Å². The monoisotopic (exact) mass is 475 g/mol. The zero-order chi connectivity index (χ0) is 18.2. The molecule has 0 aliphatic carbocycles. The third-order valence-electron chi connectivity index (χ3n) is 3.68. The molecule has 0 atom stereocenters. The highest BCUT2D eigenvalue weighted by atomic mass is 127. The van der Waals surface area contributed by atoms with Crippen molar-refractivity contribution in [2.24, 2.45) is 4.99 Å². The quantitative estimate of drug-likeness (QED) is 0.369. The summed E-state index contributed by atoms with van der Waals surface area (Å²) in [5, 5.41) is 6.12. The van der Waals surface area contributed by atoms with Gasteiger partial charge in [-0.25, -0.2) is 9.79 Å². The molecule has 1 aromatic rings. The van der Waals surface area contributed by atoms with E-state index in [0.717, 1.165) is 11.3 Å². The summed E-state index contributed by atoms with van der Waals surface area (Å²) in [6.45, 7) is 4.33. The number of amides is 2. The van der Waals surface area contributed by atoms with E-state index in [9.17, 15) is 9.59 Å². The smallest absolute Gasteiger partial charge is 0.414 e. The summed E-state index contributed by atoms with van der Waals surface area (Å²) in [6.07, 6.45) is -0.310. The highest BCUT2D eigenvalue weighted by Crippen LogP contribution is 2.19. The summed E-state index contributed by atoms with van der Waals surface area (Å²) < 4.78 is 4.94. The highest BCUT2D eigenvalue weighted by Gasteiger charge is 2.23. The molecule has 2 N–H and O–H groups in total. The van der Waals surface area contributed by atoms with Crippen molar-refractivity contribution in [3.8, 4) is 0 Å². The largest absolute Gasteiger partial charge is 0.447 e. The lowest BCUT2D eigenvalue weighted by atomic mass is 10.2. The number of ether oxygens (including phenoxy) is 1. The van der Waals surface area contributed by atoms with Gasteiger partial charge in [0, 0.05) is 26.3 Å². The molecule has 26 heavy (non-hydrogen) atoms. The molecule has 0 bridgehead atoms. The van der Waals surface area contributed by atoms with Crippen molar-refractivity contribution in [1.82, 2.24) is 15.5 Å². The van der Waals surface area contributed by atoms with Gasteiger partial charge in [-0.15, -0.1) is 24.0 Å². The van der Waals surface area contributed by atoms with Crippen molar-refractivity contribution in [3.05, 3.63) is 29.8 Å². The first-order chi connectivity index (χ1) is 12.0. The van der Waals surface area contributed by atoms with E-state index in [0.29, 0.717) is 32.2 Å². The van der Waals surface area contributed by atoms with Gasteiger partial charge < -0.3 is 20.3 Å². The van der Waals surface area contributed by atoms with Crippen molar-refractivity contribution in [2.45, 2.75) is 13.5 Å². The predicted molar refractivity (Wildman–Crippen MR) is 112 cm³/mol. The number of nitrogens with one attached hydrogen (secondary N) is 2. The molecule has 2 amide bonds. The van der Waals surface area contributed by atoms with Crippen LogP contribution < -0.4 is 15.5 Å². The maximum Gasteiger partial charge on any atom is 0.414 e. The Labute approximate surface area is 171 Å². The summed E-state index contributed by atoms with van der Waals surface area (Å²) in [4.78, 5) is 30.8. The number of anilines is 1. The van der Waals surface area contributed by atoms with Crippen LogP contribution in [-0.4, -0.2) is 63.2 Å². The number of halogens is 1. The summed E-state index contributed by atoms with van der Waals surface area (Å²) in [7, 11) is 3.43. The van der Waals surface area contributed by atoms with E-state index in [-0.39, 0.29) is 42.5 Å². The second-order valence-corrected chi connectivity index (χ2v) is 5.77. The lowest BCUT2D eigenvalue weighted by Gasteiger charge is -2.14. The van der Waals surface area contributed by atoms with Gasteiger partial charge in [-0.3, -0.25) is 9.69 Å². The minimum absolute atomic E-state index is 0. The fourth-order valence-electron chi connectivity index (χ4n) is 2.24. The maximum atomic E-state index is 11.7. The van der Waals surface area contributed by atoms with Gasteiger partial charge in [0.2, 0.25) is 5.91 Å². The molecule has 144 valence electrons. The van der Waals surface area contributed by atoms with Crippen LogP contribution in [0.25, 0.3) is 0 Å². The van der Waals surface area contributed by atoms with E-state index in [4.69, 9.17) is 4.74 Å². The van der Waals surface area contributed by atoms with E-state index in [1.165, 1.54) is 4.90 Å². The number of hydrogen-bond acceptors (Lipinski definition) is 4. The van der Waals surface area contributed by atoms with Crippen molar-refractivity contribution in [1.29, 1.82) is 0 Å². The minimum atomic E-state index is -0.310. The molecule has 0 unspecified atom stereocenters. The minimum Gasteiger partial charge on any atom is -0.447 e. The van der Waals surface area contributed by atoms with Crippen LogP contribution in [0.3, 0.4) is 0 Å². The number of nitrogens with zero attached hydrogens (tertiary/aromatic N) is 3. The van der Waals surface area contributed by atoms with Crippen LogP contribution in [0.5, 0.6) is 0 Å². The van der Waals surface area contributed by atoms with Gasteiger partial charge in [-0.05, 0) is 24.6 Å². The van der Waals surface area contributed by atoms with Crippen molar-refractivity contribution in [3.63, 3.8) is 0 Å². The molecule has 0 aromatic heterocycles. The Balaban J connectivity index is 0.00000338. The summed E-state index contributed by atoms with van der Waals surface area (Å²) >= 11 is 0. The fourth-order valence-corrected chi connectivity index (χ4v) is 2.24. The van der Waals surface area contributed by atoms with Gasteiger partial charge in [0.1, 0.15) is 6.61 Å². The molecule has 0 saturated carbocycles. The van der Waals surface area contributed by atoms with Gasteiger partial charge >= 0.3 is 6.09 Å². The molecule has 2 rings (SSSR count). The third kappa shape index (κ3) is 6.36. The van der Waals surface area contributed by atoms with Crippen LogP contribution in [0.4, 0.5) is 10.5 Å². The fraction of sp³-hybridized carbons (Fsp3) is 0.471. The highest BCUT2D eigenvalue weighted by molar-refractivity contribution is 14.0. The van der Waals surface area contributed by atoms with E-state index < -0.39 is 0 Å². The number of likely N-dealkylation sites (N-methyl/N-ethyl adjacent to an activating group) is 1. The van der Waals surface area contributed by atoms with Crippen LogP contribution >= 0.6 is 24.0 Å². The number of carbonyl (C=O) groups is 2. The van der Waals surface area contributed by atoms with Crippen molar-refractivity contribution >= 4 is 47.6 Å². The molecule has 1 aliphatic rings. The SMILES string of the molecule is CCNC(=NCc1ccc(N2CCOC2=O)cc1)NCC(=O)N(C)C.I. The topological polar surface area (TPSA) is 86.3 Å². The normalized spacial score (nSPS) is 13.7. The van der Waals surface area contributed by atoms with Gasteiger partial charge in [-0.1, -0.05) is 12.1 Å². The Bertz CT molecular complexity index is 634. The number of carbonyl (C=O) groups excluding carboxylic acids is 2. The number of rotatable bonds is 6. The van der Waals surface area contributed by atoms with E-state index in [1.807, 2.05) is 31.2 Å². The van der Waals surface area contributed by atoms with Crippen molar-refractivity contribution < 1.29 is 14.3 Å². The molecule has 1 aromatic carbocycles. The summed E-state index contributed by atoms with van der Waals surface area (Å²) in [6, 6.07) is 7.62. The molecular formula is C17H26IN5O3. The Morgan fingerprint density at radius 2 is 1.96 bits per heavy atom. The number of cyclic esters (lactones) is 1. The van der Waals surface area contributed by atoms with Crippen LogP contribution in [0, 0.1) is 0 Å². The number of aliphatic imine (C=N–C) groups is 1. The molecule has 8 nitrogen and oxygen atoms in total. The first-order valence-corrected chi connectivity index (χ1v) is 8.27. The number of hydrogen-bond donors (Lipinski definition) is 2. The third-order valence-corrected chi connectivity index (χ3v) is 3.68. The Morgan fingerprint density at radius 1 is 1.27 bits per heavy atom. The van der Waals surface area contributed by atoms with E-state index in [1.54, 1.807) is 19.0 Å². The van der Waals surface area contributed by atoms with E-state index >= 15 is 0 Å². The summed E-state index contributed by atoms with van der Waals surface area (Å²) in [5.41, 5.74) is 1.82. The first kappa shape index (κ1) is 22.0. The molecule has 1 saturated heterocycles. The molecular weight excluding hydrogens is 449 g/mol. The Morgan fingerprint density at radius 3 is 2.50 bits per heavy atom. The van der Waals surface area contributed by atoms with Gasteiger partial charge in [0.25, 0.3) is 0 Å². The second kappa shape index (κ2) is 10.8. The molecule has 0 radical (unpaired) electrons. The first-order valence-electron chi connectivity index (χ1n) is 8.27. The average molecular weight is 475 g/mol. The van der Waals surface area contributed by atoms with Crippen LogP contribution in [0.2, 0.25) is 0 Å². The zero-order valence-corrected chi connectivity index (χ0v) is 17.6. The Hall–Kier alpha value is -2.04. The number of benzene rings is 1. The second-order valence-electron chi connectivity index (χ2n) is 5.77. The molecule has 1 heterocycles. The predicted octanol–water partition coefficient (Wildman–Crippen LogP) is 1.40. The molecule has 0 spiro atoms. The lowest BCUT2D eigenvalue weighted by molar-refractivity contribution is -0.127. The molecule has 1 fully saturated rings. The van der Waals surface area contributed by atoms with E-state index in [2.05, 4.69) is 15.6 Å². The number of guanidine groups is 1. The van der Waals surface area contributed by atoms with Crippen LogP contribution in [0.15, 0.2) is 29.3 Å². The van der Waals surface area contributed by atoms with Crippen molar-refractivity contribution in [2.75, 3.05) is 45.2 Å². The Kier molecular flexibility index (Phi) is 9.17. The lowest BCUT2D eigenvalue weighted by Crippen LogP contribution is -2.42. The van der Waals surface area contributed by atoms with Gasteiger partial charge in [0.05, 0.1) is 19.6 Å². The average Bonchev–Trinajstić information content (AvgIpc) is 3.03.